The van der Waals surface area contributed by atoms with E-state index in [0.717, 1.165) is 32.1 Å². The van der Waals surface area contributed by atoms with Crippen molar-refractivity contribution >= 4 is 17.7 Å². The van der Waals surface area contributed by atoms with E-state index in [9.17, 15) is 14.4 Å². The van der Waals surface area contributed by atoms with E-state index in [0.29, 0.717) is 12.8 Å². The average Bonchev–Trinajstić information content (AvgIpc) is 2.93. The molecular formula is C25H37FO5. The average molecular weight is 437 g/mol. The van der Waals surface area contributed by atoms with Gasteiger partial charge in [0.1, 0.15) is 24.2 Å². The maximum absolute atomic E-state index is 15.6. The first-order chi connectivity index (χ1) is 14.5. The number of alkyl halides is 1. The molecule has 0 saturated heterocycles. The Balaban J connectivity index is 1.60. The van der Waals surface area contributed by atoms with Gasteiger partial charge in [0, 0.05) is 38.0 Å². The van der Waals surface area contributed by atoms with E-state index in [1.165, 1.54) is 13.8 Å². The van der Waals surface area contributed by atoms with Crippen LogP contribution in [0, 0.1) is 40.4 Å². The van der Waals surface area contributed by atoms with Gasteiger partial charge in [0.05, 0.1) is 0 Å². The summed E-state index contributed by atoms with van der Waals surface area (Å²) in [6.07, 6.45) is 3.56. The zero-order chi connectivity index (χ0) is 22.7. The number of hydrogen-bond acceptors (Lipinski definition) is 5. The van der Waals surface area contributed by atoms with E-state index in [1.54, 1.807) is 0 Å². The number of Topliss-reactive ketones (excluding diaryl/α,β-unsaturated/α-hetero) is 1. The lowest BCUT2D eigenvalue weighted by atomic mass is 9.44. The predicted octanol–water partition coefficient (Wildman–Crippen LogP) is 4.66. The lowest BCUT2D eigenvalue weighted by Gasteiger charge is -2.60. The minimum Gasteiger partial charge on any atom is -0.463 e. The van der Waals surface area contributed by atoms with Crippen LogP contribution < -0.4 is 0 Å². The van der Waals surface area contributed by atoms with Crippen LogP contribution in [0.5, 0.6) is 0 Å². The highest BCUT2D eigenvalue weighted by Gasteiger charge is 2.66. The first-order valence-corrected chi connectivity index (χ1v) is 12.0. The first-order valence-electron chi connectivity index (χ1n) is 12.0. The number of carbonyl (C=O) groups excluding carboxylic acids is 3. The van der Waals surface area contributed by atoms with Crippen LogP contribution in [0.3, 0.4) is 0 Å². The molecule has 174 valence electrons. The number of rotatable bonds is 3. The molecule has 0 N–H and O–H groups in total. The Morgan fingerprint density at radius 1 is 1.06 bits per heavy atom. The molecule has 5 nitrogen and oxygen atoms in total. The zero-order valence-corrected chi connectivity index (χ0v) is 19.5. The van der Waals surface area contributed by atoms with E-state index in [-0.39, 0.29) is 70.3 Å². The molecule has 0 spiro atoms. The molecule has 0 heterocycles. The Morgan fingerprint density at radius 3 is 2.39 bits per heavy atom. The second-order valence-electron chi connectivity index (χ2n) is 11.3. The van der Waals surface area contributed by atoms with Crippen molar-refractivity contribution in [3.8, 4) is 0 Å². The summed E-state index contributed by atoms with van der Waals surface area (Å²) in [7, 11) is 0. The lowest BCUT2D eigenvalue weighted by Crippen LogP contribution is -2.58. The summed E-state index contributed by atoms with van der Waals surface area (Å²) in [5.41, 5.74) is -0.348. The number of hydrogen-bond donors (Lipinski definition) is 0. The molecule has 0 amide bonds. The third-order valence-corrected chi connectivity index (χ3v) is 9.69. The molecule has 0 aromatic rings. The highest BCUT2D eigenvalue weighted by atomic mass is 19.1. The van der Waals surface area contributed by atoms with E-state index >= 15 is 4.39 Å². The van der Waals surface area contributed by atoms with E-state index < -0.39 is 6.17 Å². The molecule has 4 saturated carbocycles. The maximum Gasteiger partial charge on any atom is 0.302 e. The van der Waals surface area contributed by atoms with Gasteiger partial charge in [0.25, 0.3) is 0 Å². The van der Waals surface area contributed by atoms with Gasteiger partial charge in [-0.25, -0.2) is 4.39 Å². The highest BCUT2D eigenvalue weighted by molar-refractivity contribution is 5.83. The number of fused-ring (bicyclic) bond motifs is 5. The largest absolute Gasteiger partial charge is 0.463 e. The Hall–Kier alpha value is -1.46. The standard InChI is InChI=1S/C25H37FO5/c1-13(30-14(2)27)19-12-20(26)23-22-18(7-9-25(19,23)5)24(4)8-6-17(31-15(3)28)10-16(24)11-21(22)29/h13,16-20,22-23H,6-12H2,1-5H3/t13-,16-,17+,18+,19-,20-,22+,23+,24+,25-/m1/s1. The van der Waals surface area contributed by atoms with Crippen molar-refractivity contribution in [1.82, 2.24) is 0 Å². The van der Waals surface area contributed by atoms with Crippen molar-refractivity contribution < 1.29 is 28.2 Å². The van der Waals surface area contributed by atoms with E-state index in [1.807, 2.05) is 6.92 Å². The van der Waals surface area contributed by atoms with Crippen LogP contribution in [0.25, 0.3) is 0 Å². The summed E-state index contributed by atoms with van der Waals surface area (Å²) >= 11 is 0. The van der Waals surface area contributed by atoms with Crippen LogP contribution in [0.2, 0.25) is 0 Å². The fourth-order valence-electron chi connectivity index (χ4n) is 8.34. The monoisotopic (exact) mass is 436 g/mol. The fraction of sp³-hybridized carbons (Fsp3) is 0.880. The summed E-state index contributed by atoms with van der Waals surface area (Å²) in [6.45, 7) is 9.11. The van der Waals surface area contributed by atoms with Crippen molar-refractivity contribution in [3.05, 3.63) is 0 Å². The number of carbonyl (C=O) groups is 3. The smallest absolute Gasteiger partial charge is 0.302 e. The van der Waals surface area contributed by atoms with Crippen molar-refractivity contribution in [2.45, 2.75) is 97.9 Å². The van der Waals surface area contributed by atoms with Crippen molar-refractivity contribution in [3.63, 3.8) is 0 Å². The molecular weight excluding hydrogens is 399 g/mol. The summed E-state index contributed by atoms with van der Waals surface area (Å²) < 4.78 is 26.6. The topological polar surface area (TPSA) is 69.7 Å². The van der Waals surface area contributed by atoms with Crippen molar-refractivity contribution in [1.29, 1.82) is 0 Å². The van der Waals surface area contributed by atoms with Gasteiger partial charge in [-0.15, -0.1) is 0 Å². The molecule has 6 heteroatoms. The third-order valence-electron chi connectivity index (χ3n) is 9.69. The van der Waals surface area contributed by atoms with Gasteiger partial charge < -0.3 is 9.47 Å². The van der Waals surface area contributed by atoms with Crippen LogP contribution in [0.4, 0.5) is 4.39 Å². The molecule has 4 rings (SSSR count). The molecule has 0 bridgehead atoms. The Kier molecular flexibility index (Phi) is 5.75. The van der Waals surface area contributed by atoms with Crippen LogP contribution in [-0.2, 0) is 23.9 Å². The third kappa shape index (κ3) is 3.62. The van der Waals surface area contributed by atoms with Gasteiger partial charge in [-0.2, -0.15) is 0 Å². The first kappa shape index (κ1) is 22.7. The quantitative estimate of drug-likeness (QED) is 0.602. The molecule has 10 atom stereocenters. The highest BCUT2D eigenvalue weighted by Crippen LogP contribution is 2.67. The molecule has 31 heavy (non-hydrogen) atoms. The van der Waals surface area contributed by atoms with E-state index in [2.05, 4.69) is 13.8 Å². The van der Waals surface area contributed by atoms with Crippen molar-refractivity contribution in [2.75, 3.05) is 0 Å². The van der Waals surface area contributed by atoms with Crippen molar-refractivity contribution in [2.24, 2.45) is 40.4 Å². The van der Waals surface area contributed by atoms with Gasteiger partial charge in [0.15, 0.2) is 0 Å². The molecule has 0 unspecified atom stereocenters. The Labute approximate surface area is 184 Å². The van der Waals surface area contributed by atoms with Gasteiger partial charge >= 0.3 is 11.9 Å². The van der Waals surface area contributed by atoms with Crippen LogP contribution in [-0.4, -0.2) is 36.1 Å². The van der Waals surface area contributed by atoms with Gasteiger partial charge in [0.2, 0.25) is 0 Å². The zero-order valence-electron chi connectivity index (χ0n) is 19.5. The molecule has 4 aliphatic rings. The van der Waals surface area contributed by atoms with Gasteiger partial charge in [-0.1, -0.05) is 13.8 Å². The summed E-state index contributed by atoms with van der Waals surface area (Å²) in [4.78, 5) is 36.4. The second kappa shape index (κ2) is 7.84. The summed E-state index contributed by atoms with van der Waals surface area (Å²) in [5, 5.41) is 0. The minimum absolute atomic E-state index is 0.0180. The molecule has 0 radical (unpaired) electrons. The maximum atomic E-state index is 15.6. The van der Waals surface area contributed by atoms with Gasteiger partial charge in [-0.3, -0.25) is 14.4 Å². The second-order valence-corrected chi connectivity index (χ2v) is 11.3. The molecule has 4 aliphatic carbocycles. The van der Waals surface area contributed by atoms with Gasteiger partial charge in [-0.05, 0) is 68.1 Å². The molecule has 0 aromatic heterocycles. The minimum atomic E-state index is -1.04. The van der Waals surface area contributed by atoms with Crippen LogP contribution in [0.1, 0.15) is 79.6 Å². The predicted molar refractivity (Wildman–Crippen MR) is 113 cm³/mol. The van der Waals surface area contributed by atoms with Crippen LogP contribution in [0.15, 0.2) is 0 Å². The normalized spacial score (nSPS) is 47.5. The Bertz CT molecular complexity index is 767. The molecule has 4 fully saturated rings. The number of ether oxygens (including phenoxy) is 2. The number of ketones is 1. The number of halogens is 1. The van der Waals surface area contributed by atoms with E-state index in [4.69, 9.17) is 9.47 Å². The fourth-order valence-corrected chi connectivity index (χ4v) is 8.34. The Morgan fingerprint density at radius 2 is 1.74 bits per heavy atom. The lowest BCUT2D eigenvalue weighted by molar-refractivity contribution is -0.173. The van der Waals surface area contributed by atoms with Crippen LogP contribution >= 0.6 is 0 Å². The summed E-state index contributed by atoms with van der Waals surface area (Å²) in [6, 6.07) is 0. The molecule has 0 aromatic carbocycles. The SMILES string of the molecule is CC(=O)O[C@H]1CC[C@@]2(C)[C@@H](CC(=O)[C@H]3[C@@H]4[C@H](F)C[C@H]([C@@H](C)OC(C)=O)[C@@]4(C)CC[C@@H]32)C1. The molecule has 0 aliphatic heterocycles. The number of esters is 2. The summed E-state index contributed by atoms with van der Waals surface area (Å²) in [5.74, 6) is -0.653.